The van der Waals surface area contributed by atoms with Crippen LogP contribution in [0.25, 0.3) is 65.7 Å². The normalized spacial score (nSPS) is 11.7. The van der Waals surface area contributed by atoms with Crippen molar-refractivity contribution in [2.75, 3.05) is 0 Å². The minimum Gasteiger partial charge on any atom is -0.0622 e. The van der Waals surface area contributed by atoms with Crippen LogP contribution in [0.4, 0.5) is 0 Å². The van der Waals surface area contributed by atoms with Crippen molar-refractivity contribution in [1.29, 1.82) is 0 Å². The molecule has 0 heterocycles. The summed E-state index contributed by atoms with van der Waals surface area (Å²) in [5.41, 5.74) is 7.29. The molecule has 0 radical (unpaired) electrons. The van der Waals surface area contributed by atoms with Crippen molar-refractivity contribution in [3.05, 3.63) is 146 Å². The largest absolute Gasteiger partial charge is 0.0629 e. The summed E-state index contributed by atoms with van der Waals surface area (Å²) in [7, 11) is 0. The van der Waals surface area contributed by atoms with Crippen molar-refractivity contribution in [2.45, 2.75) is 0 Å². The molecule has 0 spiro atoms. The molecule has 0 atom stereocenters. The van der Waals surface area contributed by atoms with Gasteiger partial charge in [-0.15, -0.1) is 0 Å². The van der Waals surface area contributed by atoms with E-state index in [1.807, 2.05) is 12.1 Å². The van der Waals surface area contributed by atoms with Gasteiger partial charge in [0.2, 0.25) is 0 Å². The Hall–Kier alpha value is -4.68. The first kappa shape index (κ1) is 19.6. The second-order valence-electron chi connectivity index (χ2n) is 9.26. The molecule has 0 fully saturated rings. The van der Waals surface area contributed by atoms with E-state index in [1.165, 1.54) is 43.8 Å². The summed E-state index contributed by atoms with van der Waals surface area (Å²) in [6.07, 6.45) is 0. The predicted molar refractivity (Wildman–Crippen MR) is 155 cm³/mol. The van der Waals surface area contributed by atoms with Crippen LogP contribution in [0.2, 0.25) is 0 Å². The summed E-state index contributed by atoms with van der Waals surface area (Å²) < 4.78 is 8.30. The average molecular weight is 458 g/mol. The van der Waals surface area contributed by atoms with Crippen LogP contribution in [0.3, 0.4) is 0 Å². The van der Waals surface area contributed by atoms with E-state index in [4.69, 9.17) is 1.37 Å². The van der Waals surface area contributed by atoms with Crippen LogP contribution >= 0.6 is 0 Å². The summed E-state index contributed by atoms with van der Waals surface area (Å²) in [6.45, 7) is 0. The smallest absolute Gasteiger partial charge is 0.0622 e. The highest BCUT2D eigenvalue weighted by molar-refractivity contribution is 6.21. The quantitative estimate of drug-likeness (QED) is 0.232. The Morgan fingerprint density at radius 1 is 0.333 bits per heavy atom. The van der Waals surface area contributed by atoms with Crippen LogP contribution in [0.1, 0.15) is 1.37 Å². The van der Waals surface area contributed by atoms with Crippen LogP contribution in [0, 0.1) is 0 Å². The van der Waals surface area contributed by atoms with E-state index >= 15 is 0 Å². The average Bonchev–Trinajstić information content (AvgIpc) is 2.96. The number of fused-ring (bicyclic) bond motifs is 3. The van der Waals surface area contributed by atoms with Gasteiger partial charge < -0.3 is 0 Å². The van der Waals surface area contributed by atoms with E-state index in [1.54, 1.807) is 0 Å². The molecule has 0 N–H and O–H groups in total. The molecule has 7 aromatic carbocycles. The zero-order valence-electron chi connectivity index (χ0n) is 20.8. The maximum absolute atomic E-state index is 8.30. The number of hydrogen-bond donors (Lipinski definition) is 0. The van der Waals surface area contributed by atoms with Crippen molar-refractivity contribution in [1.82, 2.24) is 0 Å². The fourth-order valence-corrected chi connectivity index (χ4v) is 5.48. The first-order valence-corrected chi connectivity index (χ1v) is 12.4. The molecular formula is C36H24. The third-order valence-electron chi connectivity index (χ3n) is 7.16. The van der Waals surface area contributed by atoms with Crippen LogP contribution in [0.5, 0.6) is 0 Å². The molecule has 36 heavy (non-hydrogen) atoms. The maximum Gasteiger partial charge on any atom is 0.0629 e. The first-order chi connectivity index (χ1) is 18.3. The van der Waals surface area contributed by atoms with Gasteiger partial charge in [0.1, 0.15) is 0 Å². The number of rotatable bonds is 3. The van der Waals surface area contributed by atoms with E-state index in [2.05, 4.69) is 127 Å². The second kappa shape index (κ2) is 8.52. The van der Waals surface area contributed by atoms with Crippen molar-refractivity contribution in [3.63, 3.8) is 0 Å². The van der Waals surface area contributed by atoms with E-state index in [9.17, 15) is 0 Å². The highest BCUT2D eigenvalue weighted by Gasteiger charge is 2.16. The molecule has 0 nitrogen and oxygen atoms in total. The number of benzene rings is 7. The van der Waals surface area contributed by atoms with Gasteiger partial charge in [-0.25, -0.2) is 0 Å². The van der Waals surface area contributed by atoms with E-state index in [-0.39, 0.29) is 0 Å². The van der Waals surface area contributed by atoms with E-state index < -0.39 is 0 Å². The SMILES string of the molecule is [2H]c1cccc2ccc(-c3ccc(-c4c5ccccc5c(-c5ccccc5)c5ccccc45)cc3)cc12. The molecule has 0 unspecified atom stereocenters. The van der Waals surface area contributed by atoms with Gasteiger partial charge in [-0.05, 0) is 71.8 Å². The summed E-state index contributed by atoms with van der Waals surface area (Å²) in [4.78, 5) is 0. The monoisotopic (exact) mass is 457 g/mol. The molecule has 168 valence electrons. The molecule has 7 rings (SSSR count). The zero-order chi connectivity index (χ0) is 24.8. The minimum absolute atomic E-state index is 0.562. The molecule has 0 saturated carbocycles. The van der Waals surface area contributed by atoms with E-state index in [0.717, 1.165) is 21.9 Å². The fraction of sp³-hybridized carbons (Fsp3) is 0. The Morgan fingerprint density at radius 3 is 1.42 bits per heavy atom. The lowest BCUT2D eigenvalue weighted by molar-refractivity contribution is 1.62. The first-order valence-electron chi connectivity index (χ1n) is 12.9. The van der Waals surface area contributed by atoms with Gasteiger partial charge in [0.05, 0.1) is 1.37 Å². The van der Waals surface area contributed by atoms with Gasteiger partial charge in [-0.1, -0.05) is 140 Å². The molecule has 0 aromatic heterocycles. The molecule has 0 amide bonds. The Labute approximate surface area is 212 Å². The van der Waals surface area contributed by atoms with Gasteiger partial charge >= 0.3 is 0 Å². The molecule has 0 saturated heterocycles. The van der Waals surface area contributed by atoms with Gasteiger partial charge in [0.25, 0.3) is 0 Å². The highest BCUT2D eigenvalue weighted by Crippen LogP contribution is 2.43. The zero-order valence-corrected chi connectivity index (χ0v) is 19.8. The maximum atomic E-state index is 8.30. The third kappa shape index (κ3) is 3.39. The fourth-order valence-electron chi connectivity index (χ4n) is 5.48. The molecule has 0 aliphatic heterocycles. The Kier molecular flexibility index (Phi) is 4.64. The molecule has 7 aromatic rings. The van der Waals surface area contributed by atoms with Gasteiger partial charge in [0.15, 0.2) is 0 Å². The van der Waals surface area contributed by atoms with Gasteiger partial charge in [-0.3, -0.25) is 0 Å². The van der Waals surface area contributed by atoms with Crippen molar-refractivity contribution in [3.8, 4) is 33.4 Å². The van der Waals surface area contributed by atoms with Gasteiger partial charge in [-0.2, -0.15) is 0 Å². The lowest BCUT2D eigenvalue weighted by atomic mass is 9.86. The Morgan fingerprint density at radius 2 is 0.806 bits per heavy atom. The van der Waals surface area contributed by atoms with E-state index in [0.29, 0.717) is 6.04 Å². The molecule has 0 aliphatic rings. The Bertz CT molecular complexity index is 1860. The summed E-state index contributed by atoms with van der Waals surface area (Å²) in [6, 6.07) is 49.9. The van der Waals surface area contributed by atoms with Crippen LogP contribution in [-0.2, 0) is 0 Å². The Balaban J connectivity index is 1.43. The van der Waals surface area contributed by atoms with Crippen LogP contribution in [0.15, 0.2) is 146 Å². The minimum atomic E-state index is 0.562. The van der Waals surface area contributed by atoms with Gasteiger partial charge in [0, 0.05) is 0 Å². The highest BCUT2D eigenvalue weighted by atomic mass is 14.2. The second-order valence-corrected chi connectivity index (χ2v) is 9.26. The summed E-state index contributed by atoms with van der Waals surface area (Å²) in [5.74, 6) is 0. The lowest BCUT2D eigenvalue weighted by Crippen LogP contribution is -1.90. The summed E-state index contributed by atoms with van der Waals surface area (Å²) >= 11 is 0. The standard InChI is InChI=1S/C36H24/c1-2-11-27(12-3-1)35-31-14-6-8-16-33(31)36(34-17-9-7-15-32(34)35)28-21-18-26(19-22-28)30-23-20-25-10-4-5-13-29(25)24-30/h1-24H/i13D. The van der Waals surface area contributed by atoms with Crippen molar-refractivity contribution < 1.29 is 1.37 Å². The van der Waals surface area contributed by atoms with Crippen LogP contribution < -0.4 is 0 Å². The molecule has 0 aliphatic carbocycles. The summed E-state index contributed by atoms with van der Waals surface area (Å²) in [5, 5.41) is 7.14. The third-order valence-corrected chi connectivity index (χ3v) is 7.16. The lowest BCUT2D eigenvalue weighted by Gasteiger charge is -2.18. The molecule has 0 bridgehead atoms. The van der Waals surface area contributed by atoms with Crippen LogP contribution in [-0.4, -0.2) is 0 Å². The molecular weight excluding hydrogens is 432 g/mol. The predicted octanol–water partition coefficient (Wildman–Crippen LogP) is 10.1. The topological polar surface area (TPSA) is 0 Å². The van der Waals surface area contributed by atoms with Crippen molar-refractivity contribution in [2.24, 2.45) is 0 Å². The molecule has 0 heteroatoms. The van der Waals surface area contributed by atoms with Crippen molar-refractivity contribution >= 4 is 32.3 Å². The number of hydrogen-bond acceptors (Lipinski definition) is 0.